The number of ether oxygens (including phenoxy) is 1. The van der Waals surface area contributed by atoms with Crippen LogP contribution in [0.3, 0.4) is 0 Å². The molecule has 0 radical (unpaired) electrons. The molecule has 1 fully saturated rings. The van der Waals surface area contributed by atoms with Crippen LogP contribution < -0.4 is 4.74 Å². The summed E-state index contributed by atoms with van der Waals surface area (Å²) in [6.45, 7) is 3.36. The molecule has 0 aromatic heterocycles. The zero-order valence-electron chi connectivity index (χ0n) is 18.1. The van der Waals surface area contributed by atoms with Gasteiger partial charge in [0.05, 0.1) is 4.90 Å². The molecule has 0 saturated carbocycles. The van der Waals surface area contributed by atoms with Crippen LogP contribution in [0.1, 0.15) is 5.56 Å². The summed E-state index contributed by atoms with van der Waals surface area (Å²) >= 11 is 5.32. The number of nitrogens with zero attached hydrogens (tertiary/aromatic N) is 2. The van der Waals surface area contributed by atoms with Crippen molar-refractivity contribution in [2.24, 2.45) is 0 Å². The molecule has 33 heavy (non-hydrogen) atoms. The third-order valence-corrected chi connectivity index (χ3v) is 7.67. The van der Waals surface area contributed by atoms with Crippen LogP contribution in [0, 0.1) is 0 Å². The quantitative estimate of drug-likeness (QED) is 0.357. The molecule has 0 spiro atoms. The van der Waals surface area contributed by atoms with Crippen LogP contribution in [0.25, 0.3) is 16.8 Å². The first-order valence-electron chi connectivity index (χ1n) is 10.7. The van der Waals surface area contributed by atoms with Gasteiger partial charge in [-0.3, -0.25) is 9.69 Å². The van der Waals surface area contributed by atoms with E-state index < -0.39 is 15.3 Å². The molecule has 1 aliphatic rings. The molecule has 0 atom stereocenters. The highest BCUT2D eigenvalue weighted by Gasteiger charge is 2.28. The summed E-state index contributed by atoms with van der Waals surface area (Å²) in [5.74, 6) is 0.860. The van der Waals surface area contributed by atoms with Gasteiger partial charge in [0.2, 0.25) is 15.3 Å². The number of halogens is 1. The number of hydrogen-bond acceptors (Lipinski definition) is 5. The molecule has 8 heteroatoms. The second-order valence-electron chi connectivity index (χ2n) is 7.78. The average molecular weight is 485 g/mol. The Morgan fingerprint density at radius 2 is 1.70 bits per heavy atom. The fourth-order valence-electron chi connectivity index (χ4n) is 3.89. The van der Waals surface area contributed by atoms with Crippen LogP contribution in [0.15, 0.2) is 77.7 Å². The van der Waals surface area contributed by atoms with Crippen LogP contribution in [0.2, 0.25) is 0 Å². The molecule has 0 bridgehead atoms. The fourth-order valence-corrected chi connectivity index (χ4v) is 5.43. The Bertz CT molecular complexity index is 1260. The molecular formula is C25H25ClN2O4S. The fraction of sp³-hybridized carbons (Fsp3) is 0.240. The Morgan fingerprint density at radius 1 is 0.970 bits per heavy atom. The van der Waals surface area contributed by atoms with E-state index in [-0.39, 0.29) is 4.90 Å². The molecule has 0 aliphatic carbocycles. The van der Waals surface area contributed by atoms with Crippen molar-refractivity contribution in [2.45, 2.75) is 4.90 Å². The van der Waals surface area contributed by atoms with Crippen molar-refractivity contribution >= 4 is 43.7 Å². The summed E-state index contributed by atoms with van der Waals surface area (Å²) in [6.07, 6.45) is 2.70. The summed E-state index contributed by atoms with van der Waals surface area (Å²) in [5.41, 5.74) is 0.606. The third-order valence-electron chi connectivity index (χ3n) is 5.65. The van der Waals surface area contributed by atoms with E-state index in [1.165, 1.54) is 16.5 Å². The van der Waals surface area contributed by atoms with E-state index in [0.717, 1.165) is 23.1 Å². The van der Waals surface area contributed by atoms with Crippen LogP contribution >= 0.6 is 11.6 Å². The van der Waals surface area contributed by atoms with Crippen molar-refractivity contribution in [3.63, 3.8) is 0 Å². The number of sulfonamides is 1. The Balaban J connectivity index is 1.32. The Labute approximate surface area is 199 Å². The van der Waals surface area contributed by atoms with Gasteiger partial charge in [-0.25, -0.2) is 8.42 Å². The number of carbonyl (C=O) groups is 1. The van der Waals surface area contributed by atoms with E-state index in [1.807, 2.05) is 30.3 Å². The van der Waals surface area contributed by atoms with Gasteiger partial charge in [-0.05, 0) is 46.8 Å². The van der Waals surface area contributed by atoms with Crippen molar-refractivity contribution in [1.82, 2.24) is 9.21 Å². The zero-order chi connectivity index (χ0) is 23.3. The molecule has 0 amide bonds. The van der Waals surface area contributed by atoms with Gasteiger partial charge >= 0.3 is 0 Å². The minimum Gasteiger partial charge on any atom is -0.492 e. The lowest BCUT2D eigenvalue weighted by molar-refractivity contribution is -0.107. The molecule has 0 N–H and O–H groups in total. The van der Waals surface area contributed by atoms with E-state index in [9.17, 15) is 13.2 Å². The van der Waals surface area contributed by atoms with Gasteiger partial charge in [-0.15, -0.1) is 0 Å². The van der Waals surface area contributed by atoms with Gasteiger partial charge in [-0.1, -0.05) is 54.6 Å². The number of piperazine rings is 1. The number of rotatable bonds is 8. The molecule has 3 aromatic rings. The minimum atomic E-state index is -3.61. The highest BCUT2D eigenvalue weighted by atomic mass is 35.5. The smallest absolute Gasteiger partial charge is 0.245 e. The lowest BCUT2D eigenvalue weighted by atomic mass is 10.1. The summed E-state index contributed by atoms with van der Waals surface area (Å²) in [6, 6.07) is 20.6. The monoisotopic (exact) mass is 484 g/mol. The minimum absolute atomic E-state index is 0.208. The molecule has 4 rings (SSSR count). The van der Waals surface area contributed by atoms with Gasteiger partial charge in [-0.2, -0.15) is 4.31 Å². The molecule has 1 aliphatic heterocycles. The van der Waals surface area contributed by atoms with Gasteiger partial charge < -0.3 is 4.74 Å². The Hall–Kier alpha value is -2.71. The van der Waals surface area contributed by atoms with Gasteiger partial charge in [0.15, 0.2) is 0 Å². The van der Waals surface area contributed by atoms with Crippen molar-refractivity contribution in [2.75, 3.05) is 39.3 Å². The molecule has 1 heterocycles. The maximum Gasteiger partial charge on any atom is 0.245 e. The van der Waals surface area contributed by atoms with Crippen LogP contribution in [0.4, 0.5) is 0 Å². The first kappa shape index (κ1) is 23.4. The number of hydrogen-bond donors (Lipinski definition) is 0. The maximum absolute atomic E-state index is 13.1. The van der Waals surface area contributed by atoms with E-state index in [4.69, 9.17) is 16.3 Å². The van der Waals surface area contributed by atoms with Crippen LogP contribution in [-0.4, -0.2) is 62.2 Å². The van der Waals surface area contributed by atoms with Crippen molar-refractivity contribution < 1.29 is 17.9 Å². The Morgan fingerprint density at radius 3 is 2.48 bits per heavy atom. The van der Waals surface area contributed by atoms with Crippen LogP contribution in [0.5, 0.6) is 5.75 Å². The molecule has 172 valence electrons. The van der Waals surface area contributed by atoms with Crippen molar-refractivity contribution in [1.29, 1.82) is 0 Å². The molecule has 0 unspecified atom stereocenters. The first-order chi connectivity index (χ1) is 15.9. The largest absolute Gasteiger partial charge is 0.492 e. The summed E-state index contributed by atoms with van der Waals surface area (Å²) in [4.78, 5) is 13.3. The molecule has 1 saturated heterocycles. The van der Waals surface area contributed by atoms with Crippen molar-refractivity contribution in [3.05, 3.63) is 78.4 Å². The highest BCUT2D eigenvalue weighted by Crippen LogP contribution is 2.25. The van der Waals surface area contributed by atoms with Crippen LogP contribution in [-0.2, 0) is 14.8 Å². The lowest BCUT2D eigenvalue weighted by Crippen LogP contribution is -2.49. The predicted octanol–water partition coefficient (Wildman–Crippen LogP) is 4.00. The summed E-state index contributed by atoms with van der Waals surface area (Å²) in [5, 5.41) is 1.62. The Kier molecular flexibility index (Phi) is 7.45. The lowest BCUT2D eigenvalue weighted by Gasteiger charge is -2.33. The van der Waals surface area contributed by atoms with E-state index in [2.05, 4.69) is 17.0 Å². The normalized spacial score (nSPS) is 15.8. The predicted molar refractivity (Wildman–Crippen MR) is 131 cm³/mol. The number of carbonyl (C=O) groups excluding carboxylic acids is 1. The standard InChI is InChI=1S/C25H25ClN2O4S/c26-25(29)12-11-20-5-3-8-22(19-20)33(30,31)28-15-13-27(14-16-28)17-18-32-24-10-4-7-21-6-1-2-9-23(21)24/h1-12,19H,13-18H2/b12-11+. The van der Waals surface area contributed by atoms with Gasteiger partial charge in [0, 0.05) is 38.1 Å². The topological polar surface area (TPSA) is 66.9 Å². The van der Waals surface area contributed by atoms with Gasteiger partial charge in [0.1, 0.15) is 12.4 Å². The van der Waals surface area contributed by atoms with E-state index >= 15 is 0 Å². The first-order valence-corrected chi connectivity index (χ1v) is 12.6. The number of allylic oxidation sites excluding steroid dienone is 1. The maximum atomic E-state index is 13.1. The summed E-state index contributed by atoms with van der Waals surface area (Å²) < 4.78 is 33.7. The SMILES string of the molecule is O=C(Cl)/C=C/c1cccc(S(=O)(=O)N2CCN(CCOc3cccc4ccccc34)CC2)c1. The van der Waals surface area contributed by atoms with E-state index in [1.54, 1.807) is 24.3 Å². The third kappa shape index (κ3) is 5.81. The molecular weight excluding hydrogens is 460 g/mol. The molecule has 6 nitrogen and oxygen atoms in total. The summed E-state index contributed by atoms with van der Waals surface area (Å²) in [7, 11) is -3.61. The zero-order valence-corrected chi connectivity index (χ0v) is 19.6. The van der Waals surface area contributed by atoms with Crippen molar-refractivity contribution in [3.8, 4) is 5.75 Å². The number of benzene rings is 3. The van der Waals surface area contributed by atoms with E-state index in [0.29, 0.717) is 38.3 Å². The van der Waals surface area contributed by atoms with Gasteiger partial charge in [0.25, 0.3) is 0 Å². The highest BCUT2D eigenvalue weighted by molar-refractivity contribution is 7.89. The number of fused-ring (bicyclic) bond motifs is 1. The second-order valence-corrected chi connectivity index (χ2v) is 10.1. The second kappa shape index (κ2) is 10.5. The molecule has 3 aromatic carbocycles. The average Bonchev–Trinajstić information content (AvgIpc) is 2.83.